The number of rotatable bonds is 6. The monoisotopic (exact) mass is 420 g/mol. The zero-order valence-electron chi connectivity index (χ0n) is 16.1. The van der Waals surface area contributed by atoms with Gasteiger partial charge in [-0.15, -0.1) is 0 Å². The molecule has 0 saturated carbocycles. The molecule has 1 heterocycles. The molecule has 0 fully saturated rings. The fourth-order valence-electron chi connectivity index (χ4n) is 3.13. The topological polar surface area (TPSA) is 84.0 Å². The van der Waals surface area contributed by atoms with Gasteiger partial charge in [0.15, 0.2) is 6.61 Å². The van der Waals surface area contributed by atoms with Gasteiger partial charge in [0.25, 0.3) is 5.91 Å². The Balaban J connectivity index is 1.60. The predicted octanol–water partition coefficient (Wildman–Crippen LogP) is 1.96. The molecule has 0 aromatic heterocycles. The molecule has 154 valence electrons. The second-order valence-electron chi connectivity index (χ2n) is 6.85. The molecule has 3 rings (SSSR count). The summed E-state index contributed by atoms with van der Waals surface area (Å²) >= 11 is 0. The van der Waals surface area contributed by atoms with Crippen molar-refractivity contribution in [1.82, 2.24) is 4.90 Å². The molecule has 0 saturated heterocycles. The maximum Gasteiger partial charge on any atom is 0.338 e. The number of benzene rings is 2. The minimum Gasteiger partial charge on any atom is -0.452 e. The van der Waals surface area contributed by atoms with E-state index in [9.17, 15) is 22.4 Å². The highest BCUT2D eigenvalue weighted by atomic mass is 32.2. The average molecular weight is 420 g/mol. The molecule has 0 aliphatic carbocycles. The Bertz CT molecular complexity index is 1050. The molecule has 1 amide bonds. The first-order valence-electron chi connectivity index (χ1n) is 8.92. The standard InChI is InChI=1S/C20H21FN2O5S/c1-22(12-16-5-3-4-6-17(16)21)19(24)13-28-20(25)15-7-8-18-14(11-15)9-10-23(18)29(2,26)27/h3-8,11H,9-10,12-13H2,1-2H3. The number of fused-ring (bicyclic) bond motifs is 1. The van der Waals surface area contributed by atoms with E-state index in [0.717, 1.165) is 11.8 Å². The lowest BCUT2D eigenvalue weighted by molar-refractivity contribution is -0.133. The van der Waals surface area contributed by atoms with Gasteiger partial charge in [-0.2, -0.15) is 0 Å². The van der Waals surface area contributed by atoms with Crippen molar-refractivity contribution < 1.29 is 27.1 Å². The van der Waals surface area contributed by atoms with Gasteiger partial charge >= 0.3 is 5.97 Å². The number of nitrogens with zero attached hydrogens (tertiary/aromatic N) is 2. The van der Waals surface area contributed by atoms with E-state index in [1.807, 2.05) is 0 Å². The van der Waals surface area contributed by atoms with Crippen molar-refractivity contribution in [2.45, 2.75) is 13.0 Å². The van der Waals surface area contributed by atoms with E-state index in [0.29, 0.717) is 24.2 Å². The molecule has 2 aromatic rings. The molecule has 29 heavy (non-hydrogen) atoms. The summed E-state index contributed by atoms with van der Waals surface area (Å²) in [6, 6.07) is 10.7. The third kappa shape index (κ3) is 4.73. The third-order valence-electron chi connectivity index (χ3n) is 4.69. The summed E-state index contributed by atoms with van der Waals surface area (Å²) in [4.78, 5) is 25.7. The molecule has 0 atom stereocenters. The van der Waals surface area contributed by atoms with Crippen molar-refractivity contribution in [3.05, 3.63) is 65.0 Å². The smallest absolute Gasteiger partial charge is 0.338 e. The molecule has 7 nitrogen and oxygen atoms in total. The molecular weight excluding hydrogens is 399 g/mol. The summed E-state index contributed by atoms with van der Waals surface area (Å²) in [5.41, 5.74) is 1.88. The fraction of sp³-hybridized carbons (Fsp3) is 0.300. The Morgan fingerprint density at radius 3 is 2.62 bits per heavy atom. The van der Waals surface area contributed by atoms with Gasteiger partial charge in [-0.05, 0) is 36.2 Å². The first-order valence-corrected chi connectivity index (χ1v) is 10.8. The van der Waals surface area contributed by atoms with Crippen molar-refractivity contribution in [1.29, 1.82) is 0 Å². The van der Waals surface area contributed by atoms with Crippen LogP contribution in [0.1, 0.15) is 21.5 Å². The first kappa shape index (κ1) is 20.8. The maximum absolute atomic E-state index is 13.7. The number of carbonyl (C=O) groups excluding carboxylic acids is 2. The summed E-state index contributed by atoms with van der Waals surface area (Å²) in [7, 11) is -1.87. The Kier molecular flexibility index (Phi) is 5.88. The van der Waals surface area contributed by atoms with E-state index in [-0.39, 0.29) is 12.1 Å². The number of anilines is 1. The van der Waals surface area contributed by atoms with Gasteiger partial charge in [-0.25, -0.2) is 17.6 Å². The van der Waals surface area contributed by atoms with Crippen LogP contribution in [0.3, 0.4) is 0 Å². The Morgan fingerprint density at radius 2 is 1.93 bits per heavy atom. The summed E-state index contributed by atoms with van der Waals surface area (Å²) < 4.78 is 43.6. The van der Waals surface area contributed by atoms with Gasteiger partial charge in [0.2, 0.25) is 10.0 Å². The zero-order chi connectivity index (χ0) is 21.2. The molecule has 0 bridgehead atoms. The van der Waals surface area contributed by atoms with Gasteiger partial charge < -0.3 is 9.64 Å². The number of esters is 1. The molecule has 9 heteroatoms. The molecule has 0 radical (unpaired) electrons. The average Bonchev–Trinajstić information content (AvgIpc) is 3.11. The lowest BCUT2D eigenvalue weighted by Crippen LogP contribution is -2.31. The predicted molar refractivity (Wildman–Crippen MR) is 105 cm³/mol. The van der Waals surface area contributed by atoms with Crippen LogP contribution in [0, 0.1) is 5.82 Å². The number of halogens is 1. The van der Waals surface area contributed by atoms with E-state index in [1.165, 1.54) is 28.4 Å². The number of sulfonamides is 1. The first-order chi connectivity index (χ1) is 13.7. The lowest BCUT2D eigenvalue weighted by Gasteiger charge is -2.18. The van der Waals surface area contributed by atoms with Crippen molar-refractivity contribution >= 4 is 27.6 Å². The Labute approximate surface area is 168 Å². The number of amides is 1. The number of likely N-dealkylation sites (N-methyl/N-ethyl adjacent to an activating group) is 1. The van der Waals surface area contributed by atoms with Crippen LogP contribution in [0.25, 0.3) is 0 Å². The fourth-order valence-corrected chi connectivity index (χ4v) is 4.09. The van der Waals surface area contributed by atoms with E-state index < -0.39 is 34.3 Å². The van der Waals surface area contributed by atoms with Gasteiger partial charge in [0, 0.05) is 25.7 Å². The van der Waals surface area contributed by atoms with Gasteiger partial charge in [0.05, 0.1) is 17.5 Å². The summed E-state index contributed by atoms with van der Waals surface area (Å²) in [6.07, 6.45) is 1.63. The third-order valence-corrected chi connectivity index (χ3v) is 5.87. The van der Waals surface area contributed by atoms with E-state index in [1.54, 1.807) is 30.3 Å². The molecule has 0 unspecified atom stereocenters. The minimum atomic E-state index is -3.37. The van der Waals surface area contributed by atoms with Crippen LogP contribution < -0.4 is 4.31 Å². The molecular formula is C20H21FN2O5S. The van der Waals surface area contributed by atoms with Crippen LogP contribution in [0.2, 0.25) is 0 Å². The van der Waals surface area contributed by atoms with Crippen molar-refractivity contribution in [3.63, 3.8) is 0 Å². The SMILES string of the molecule is CN(Cc1ccccc1F)C(=O)COC(=O)c1ccc2c(c1)CCN2S(C)(=O)=O. The number of ether oxygens (including phenoxy) is 1. The summed E-state index contributed by atoms with van der Waals surface area (Å²) in [6.45, 7) is -0.0917. The van der Waals surface area contributed by atoms with Gasteiger partial charge in [-0.1, -0.05) is 18.2 Å². The highest BCUT2D eigenvalue weighted by Gasteiger charge is 2.27. The second-order valence-corrected chi connectivity index (χ2v) is 8.75. The Morgan fingerprint density at radius 1 is 1.21 bits per heavy atom. The highest BCUT2D eigenvalue weighted by molar-refractivity contribution is 7.92. The van der Waals surface area contributed by atoms with Crippen molar-refractivity contribution in [2.75, 3.05) is 30.8 Å². The van der Waals surface area contributed by atoms with E-state index >= 15 is 0 Å². The zero-order valence-corrected chi connectivity index (χ0v) is 16.9. The van der Waals surface area contributed by atoms with Crippen LogP contribution in [-0.2, 0) is 32.5 Å². The molecule has 0 spiro atoms. The quantitative estimate of drug-likeness (QED) is 0.667. The van der Waals surface area contributed by atoms with Crippen molar-refractivity contribution in [2.24, 2.45) is 0 Å². The highest BCUT2D eigenvalue weighted by Crippen LogP contribution is 2.30. The van der Waals surface area contributed by atoms with Crippen LogP contribution in [0.15, 0.2) is 42.5 Å². The normalized spacial score (nSPS) is 13.1. The minimum absolute atomic E-state index is 0.0588. The van der Waals surface area contributed by atoms with Crippen molar-refractivity contribution in [3.8, 4) is 0 Å². The number of hydrogen-bond donors (Lipinski definition) is 0. The van der Waals surface area contributed by atoms with Gasteiger partial charge in [0.1, 0.15) is 5.82 Å². The number of carbonyl (C=O) groups is 2. The Hall–Kier alpha value is -2.94. The van der Waals surface area contributed by atoms with E-state index in [2.05, 4.69) is 0 Å². The second kappa shape index (κ2) is 8.20. The molecule has 0 N–H and O–H groups in total. The molecule has 2 aromatic carbocycles. The van der Waals surface area contributed by atoms with Crippen LogP contribution in [-0.4, -0.2) is 51.6 Å². The van der Waals surface area contributed by atoms with Gasteiger partial charge in [-0.3, -0.25) is 9.10 Å². The largest absolute Gasteiger partial charge is 0.452 e. The van der Waals surface area contributed by atoms with Crippen LogP contribution >= 0.6 is 0 Å². The maximum atomic E-state index is 13.7. The summed E-state index contributed by atoms with van der Waals surface area (Å²) in [5.74, 6) is -1.56. The molecule has 1 aliphatic rings. The number of hydrogen-bond acceptors (Lipinski definition) is 5. The van der Waals surface area contributed by atoms with E-state index in [4.69, 9.17) is 4.74 Å². The lowest BCUT2D eigenvalue weighted by atomic mass is 10.1. The van der Waals surface area contributed by atoms with Crippen LogP contribution in [0.4, 0.5) is 10.1 Å². The summed E-state index contributed by atoms with van der Waals surface area (Å²) in [5, 5.41) is 0. The molecule has 1 aliphatic heterocycles. The van der Waals surface area contributed by atoms with Crippen LogP contribution in [0.5, 0.6) is 0 Å².